The quantitative estimate of drug-likeness (QED) is 0.760. The van der Waals surface area contributed by atoms with Gasteiger partial charge in [0.15, 0.2) is 0 Å². The van der Waals surface area contributed by atoms with Crippen molar-refractivity contribution < 1.29 is 12.8 Å². The van der Waals surface area contributed by atoms with E-state index >= 15 is 0 Å². The van der Waals surface area contributed by atoms with E-state index in [4.69, 9.17) is 0 Å². The Labute approximate surface area is 127 Å². The van der Waals surface area contributed by atoms with Crippen LogP contribution in [0.4, 0.5) is 4.39 Å². The normalized spacial score (nSPS) is 12.6. The Hall–Kier alpha value is -0.980. The standard InChI is InChI=1S/C15H25FN2O2S/c1-5-8-17-10-12-6-7-13(16)9-14(12)21(19,20)18-11-15(2,3)4/h6-7,9,17-18H,5,8,10-11H2,1-4H3. The third kappa shape index (κ3) is 6.11. The van der Waals surface area contributed by atoms with Crippen molar-refractivity contribution in [2.75, 3.05) is 13.1 Å². The Kier molecular flexibility index (Phi) is 6.31. The van der Waals surface area contributed by atoms with Crippen LogP contribution in [-0.4, -0.2) is 21.5 Å². The highest BCUT2D eigenvalue weighted by atomic mass is 32.2. The Balaban J connectivity index is 3.00. The van der Waals surface area contributed by atoms with Crippen molar-refractivity contribution in [3.05, 3.63) is 29.6 Å². The molecule has 0 spiro atoms. The van der Waals surface area contributed by atoms with Gasteiger partial charge in [-0.2, -0.15) is 0 Å². The highest BCUT2D eigenvalue weighted by molar-refractivity contribution is 7.89. The fourth-order valence-corrected chi connectivity index (χ4v) is 3.25. The first-order valence-electron chi connectivity index (χ1n) is 7.14. The highest BCUT2D eigenvalue weighted by Gasteiger charge is 2.21. The molecule has 0 aliphatic heterocycles. The van der Waals surface area contributed by atoms with Crippen molar-refractivity contribution in [1.29, 1.82) is 0 Å². The lowest BCUT2D eigenvalue weighted by molar-refractivity contribution is 0.407. The van der Waals surface area contributed by atoms with E-state index in [-0.39, 0.29) is 10.3 Å². The SMILES string of the molecule is CCCNCc1ccc(F)cc1S(=O)(=O)NCC(C)(C)C. The van der Waals surface area contributed by atoms with Gasteiger partial charge in [0.1, 0.15) is 5.82 Å². The number of rotatable bonds is 7. The molecule has 1 aromatic rings. The van der Waals surface area contributed by atoms with Gasteiger partial charge < -0.3 is 5.32 Å². The second-order valence-electron chi connectivity index (χ2n) is 6.31. The summed E-state index contributed by atoms with van der Waals surface area (Å²) in [4.78, 5) is 0.00959. The number of nitrogens with one attached hydrogen (secondary N) is 2. The second-order valence-corrected chi connectivity index (χ2v) is 8.05. The zero-order valence-electron chi connectivity index (χ0n) is 13.2. The first-order valence-corrected chi connectivity index (χ1v) is 8.63. The van der Waals surface area contributed by atoms with Gasteiger partial charge in [-0.1, -0.05) is 33.8 Å². The molecule has 21 heavy (non-hydrogen) atoms. The summed E-state index contributed by atoms with van der Waals surface area (Å²) in [5, 5.41) is 3.14. The smallest absolute Gasteiger partial charge is 0.241 e. The van der Waals surface area contributed by atoms with Crippen molar-refractivity contribution >= 4 is 10.0 Å². The summed E-state index contributed by atoms with van der Waals surface area (Å²) in [5.41, 5.74) is 0.396. The van der Waals surface area contributed by atoms with Gasteiger partial charge in [0.25, 0.3) is 0 Å². The third-order valence-corrected chi connectivity index (χ3v) is 4.34. The molecular weight excluding hydrogens is 291 g/mol. The molecule has 0 saturated carbocycles. The van der Waals surface area contributed by atoms with Gasteiger partial charge >= 0.3 is 0 Å². The van der Waals surface area contributed by atoms with Crippen molar-refractivity contribution in [2.24, 2.45) is 5.41 Å². The number of hydrogen-bond donors (Lipinski definition) is 2. The van der Waals surface area contributed by atoms with Crippen LogP contribution in [0.3, 0.4) is 0 Å². The molecule has 0 bridgehead atoms. The molecule has 0 aromatic heterocycles. The molecule has 0 unspecified atom stereocenters. The molecule has 6 heteroatoms. The van der Waals surface area contributed by atoms with Crippen LogP contribution in [0.5, 0.6) is 0 Å². The summed E-state index contributed by atoms with van der Waals surface area (Å²) in [7, 11) is -3.71. The largest absolute Gasteiger partial charge is 0.313 e. The number of hydrogen-bond acceptors (Lipinski definition) is 3. The fraction of sp³-hybridized carbons (Fsp3) is 0.600. The van der Waals surface area contributed by atoms with E-state index < -0.39 is 15.8 Å². The molecule has 0 saturated heterocycles. The molecule has 0 fully saturated rings. The molecule has 0 atom stereocenters. The van der Waals surface area contributed by atoms with Gasteiger partial charge in [-0.05, 0) is 36.1 Å². The summed E-state index contributed by atoms with van der Waals surface area (Å²) in [6.07, 6.45) is 0.950. The lowest BCUT2D eigenvalue weighted by Crippen LogP contribution is -2.33. The lowest BCUT2D eigenvalue weighted by Gasteiger charge is -2.19. The van der Waals surface area contributed by atoms with Crippen molar-refractivity contribution in [3.8, 4) is 0 Å². The zero-order chi connectivity index (χ0) is 16.1. The summed E-state index contributed by atoms with van der Waals surface area (Å²) in [6.45, 7) is 9.32. The second kappa shape index (κ2) is 7.33. The van der Waals surface area contributed by atoms with Crippen molar-refractivity contribution in [1.82, 2.24) is 10.0 Å². The van der Waals surface area contributed by atoms with E-state index in [0.717, 1.165) is 19.0 Å². The molecule has 4 nitrogen and oxygen atoms in total. The van der Waals surface area contributed by atoms with Crippen LogP contribution in [0.25, 0.3) is 0 Å². The summed E-state index contributed by atoms with van der Waals surface area (Å²) >= 11 is 0. The van der Waals surface area contributed by atoms with Gasteiger partial charge in [0.2, 0.25) is 10.0 Å². The molecule has 1 aromatic carbocycles. The highest BCUT2D eigenvalue weighted by Crippen LogP contribution is 2.19. The maximum atomic E-state index is 13.4. The van der Waals surface area contributed by atoms with Crippen LogP contribution in [0, 0.1) is 11.2 Å². The van der Waals surface area contributed by atoms with Gasteiger partial charge in [0.05, 0.1) is 4.90 Å². The van der Waals surface area contributed by atoms with E-state index in [1.54, 1.807) is 0 Å². The minimum Gasteiger partial charge on any atom is -0.313 e. The third-order valence-electron chi connectivity index (χ3n) is 2.85. The molecule has 0 aliphatic carbocycles. The maximum absolute atomic E-state index is 13.4. The van der Waals surface area contributed by atoms with E-state index in [1.807, 2.05) is 27.7 Å². The number of halogens is 1. The molecule has 0 amide bonds. The summed E-state index contributed by atoms with van der Waals surface area (Å²) < 4.78 is 40.7. The van der Waals surface area contributed by atoms with Gasteiger partial charge in [-0.3, -0.25) is 0 Å². The average molecular weight is 316 g/mol. The van der Waals surface area contributed by atoms with Crippen LogP contribution in [0.1, 0.15) is 39.7 Å². The van der Waals surface area contributed by atoms with Crippen molar-refractivity contribution in [2.45, 2.75) is 45.6 Å². The summed E-state index contributed by atoms with van der Waals surface area (Å²) in [5.74, 6) is -0.551. The Bertz CT molecular complexity index is 566. The predicted molar refractivity (Wildman–Crippen MR) is 83.0 cm³/mol. The van der Waals surface area contributed by atoms with E-state index in [0.29, 0.717) is 18.7 Å². The molecule has 1 rings (SSSR count). The monoisotopic (exact) mass is 316 g/mol. The molecule has 2 N–H and O–H groups in total. The molecular formula is C15H25FN2O2S. The molecule has 0 aliphatic rings. The molecule has 0 heterocycles. The lowest BCUT2D eigenvalue weighted by atomic mass is 9.98. The van der Waals surface area contributed by atoms with Crippen LogP contribution in [0.2, 0.25) is 0 Å². The number of sulfonamides is 1. The molecule has 120 valence electrons. The van der Waals surface area contributed by atoms with Crippen molar-refractivity contribution in [3.63, 3.8) is 0 Å². The predicted octanol–water partition coefficient (Wildman–Crippen LogP) is 2.65. The first kappa shape index (κ1) is 18.1. The van der Waals surface area contributed by atoms with Gasteiger partial charge in [-0.25, -0.2) is 17.5 Å². The number of benzene rings is 1. The Morgan fingerprint density at radius 2 is 1.90 bits per heavy atom. The first-order chi connectivity index (χ1) is 9.65. The molecule has 0 radical (unpaired) electrons. The van der Waals surface area contributed by atoms with Crippen LogP contribution in [-0.2, 0) is 16.6 Å². The topological polar surface area (TPSA) is 58.2 Å². The van der Waals surface area contributed by atoms with Gasteiger partial charge in [-0.15, -0.1) is 0 Å². The average Bonchev–Trinajstić information content (AvgIpc) is 2.38. The fourth-order valence-electron chi connectivity index (χ4n) is 1.71. The van der Waals surface area contributed by atoms with E-state index in [1.165, 1.54) is 12.1 Å². The van der Waals surface area contributed by atoms with Gasteiger partial charge in [0, 0.05) is 13.1 Å². The van der Waals surface area contributed by atoms with Crippen LogP contribution in [0.15, 0.2) is 23.1 Å². The van der Waals surface area contributed by atoms with Crippen LogP contribution < -0.4 is 10.0 Å². The minimum absolute atomic E-state index is 0.00959. The zero-order valence-corrected chi connectivity index (χ0v) is 14.0. The van der Waals surface area contributed by atoms with E-state index in [2.05, 4.69) is 10.0 Å². The van der Waals surface area contributed by atoms with Crippen LogP contribution >= 0.6 is 0 Å². The maximum Gasteiger partial charge on any atom is 0.241 e. The minimum atomic E-state index is -3.71. The Morgan fingerprint density at radius 1 is 1.24 bits per heavy atom. The Morgan fingerprint density at radius 3 is 2.48 bits per heavy atom. The summed E-state index contributed by atoms with van der Waals surface area (Å²) in [6, 6.07) is 3.88. The van der Waals surface area contributed by atoms with E-state index in [9.17, 15) is 12.8 Å².